The summed E-state index contributed by atoms with van der Waals surface area (Å²) in [5.74, 6) is 0. The molecule has 1 N–H and O–H groups in total. The van der Waals surface area contributed by atoms with Gasteiger partial charge in [0.15, 0.2) is 0 Å². The number of rotatable bonds is 2. The van der Waals surface area contributed by atoms with Crippen LogP contribution in [0.5, 0.6) is 0 Å². The first-order valence-corrected chi connectivity index (χ1v) is 4.64. The minimum atomic E-state index is 0.743. The molecule has 0 saturated heterocycles. The highest BCUT2D eigenvalue weighted by molar-refractivity contribution is 9.15. The first-order valence-electron chi connectivity index (χ1n) is 3.47. The topological polar surface area (TPSA) is 15.8 Å². The smallest absolute Gasteiger partial charge is 0.0476 e. The third kappa shape index (κ3) is 2.26. The van der Waals surface area contributed by atoms with Gasteiger partial charge in [-0.3, -0.25) is 0 Å². The summed E-state index contributed by atoms with van der Waals surface area (Å²) >= 11 is 9.06. The second kappa shape index (κ2) is 3.97. The Kier molecular flexibility index (Phi) is 3.18. The van der Waals surface area contributed by atoms with E-state index in [0.29, 0.717) is 0 Å². The molecule has 0 saturated carbocycles. The molecule has 0 fully saturated rings. The fraction of sp³-hybridized carbons (Fsp3) is 0.111. The number of nitrogens with one attached hydrogen (secondary N) is 1. The Labute approximate surface area is 85.3 Å². The van der Waals surface area contributed by atoms with Gasteiger partial charge in [-0.05, 0) is 19.1 Å². The highest BCUT2D eigenvalue weighted by Crippen LogP contribution is 2.23. The molecule has 0 aliphatic carbocycles. The molecular formula is C9H9BrClN. The summed E-state index contributed by atoms with van der Waals surface area (Å²) in [6, 6.07) is 1.95. The van der Waals surface area contributed by atoms with Crippen molar-refractivity contribution in [1.29, 1.82) is 0 Å². The van der Waals surface area contributed by atoms with Crippen LogP contribution in [0.3, 0.4) is 0 Å². The Morgan fingerprint density at radius 3 is 2.92 bits per heavy atom. The van der Waals surface area contributed by atoms with Gasteiger partial charge in [0.25, 0.3) is 0 Å². The third-order valence-corrected chi connectivity index (χ3v) is 1.95. The Hall–Kier alpha value is -0.470. The maximum Gasteiger partial charge on any atom is 0.0476 e. The van der Waals surface area contributed by atoms with Gasteiger partial charge >= 0.3 is 0 Å². The van der Waals surface area contributed by atoms with E-state index < -0.39 is 0 Å². The molecule has 0 radical (unpaired) electrons. The molecule has 12 heavy (non-hydrogen) atoms. The van der Waals surface area contributed by atoms with E-state index in [2.05, 4.69) is 27.5 Å². The van der Waals surface area contributed by atoms with Crippen molar-refractivity contribution in [2.75, 3.05) is 0 Å². The molecule has 0 amide bonds. The Morgan fingerprint density at radius 2 is 2.42 bits per heavy atom. The zero-order valence-corrected chi connectivity index (χ0v) is 9.04. The zero-order chi connectivity index (χ0) is 9.14. The van der Waals surface area contributed by atoms with Gasteiger partial charge in [-0.2, -0.15) is 0 Å². The summed E-state index contributed by atoms with van der Waals surface area (Å²) in [5.41, 5.74) is 2.01. The third-order valence-electron chi connectivity index (χ3n) is 1.41. The predicted octanol–water partition coefficient (Wildman–Crippen LogP) is 3.98. The lowest BCUT2D eigenvalue weighted by atomic mass is 10.2. The molecule has 0 bridgehead atoms. The van der Waals surface area contributed by atoms with Crippen molar-refractivity contribution in [1.82, 2.24) is 4.98 Å². The van der Waals surface area contributed by atoms with Gasteiger partial charge in [0.05, 0.1) is 0 Å². The van der Waals surface area contributed by atoms with Crippen LogP contribution in [0.2, 0.25) is 0 Å². The normalized spacial score (nSPS) is 11.8. The van der Waals surface area contributed by atoms with Crippen LogP contribution in [0.4, 0.5) is 0 Å². The van der Waals surface area contributed by atoms with E-state index in [4.69, 9.17) is 11.6 Å². The summed E-state index contributed by atoms with van der Waals surface area (Å²) in [6.45, 7) is 5.63. The van der Waals surface area contributed by atoms with Gasteiger partial charge < -0.3 is 4.98 Å². The van der Waals surface area contributed by atoms with Crippen molar-refractivity contribution in [2.45, 2.75) is 6.92 Å². The highest BCUT2D eigenvalue weighted by atomic mass is 79.9. The van der Waals surface area contributed by atoms with Crippen molar-refractivity contribution in [3.8, 4) is 0 Å². The molecule has 0 aliphatic heterocycles. The number of allylic oxidation sites excluding steroid dienone is 1. The molecule has 0 unspecified atom stereocenters. The van der Waals surface area contributed by atoms with E-state index in [-0.39, 0.29) is 0 Å². The van der Waals surface area contributed by atoms with E-state index in [1.54, 1.807) is 0 Å². The van der Waals surface area contributed by atoms with Gasteiger partial charge in [-0.15, -0.1) is 0 Å². The standard InChI is InChI=1S/C9H9BrClN/c1-6(11)5-9-8(7(2)10)3-4-12-9/h3-5,12H,2H2,1H3/b6-5+. The number of H-pyrrole nitrogens is 1. The molecule has 1 heterocycles. The SMILES string of the molecule is C=C(Br)c1cc[nH]c1/C=C(\C)Cl. The predicted molar refractivity (Wildman–Crippen MR) is 58.3 cm³/mol. The van der Waals surface area contributed by atoms with Crippen LogP contribution in [0.15, 0.2) is 23.9 Å². The summed E-state index contributed by atoms with van der Waals surface area (Å²) in [5, 5.41) is 0.743. The first-order chi connectivity index (χ1) is 5.61. The Bertz CT molecular complexity index is 321. The molecule has 1 rings (SSSR count). The largest absolute Gasteiger partial charge is 0.361 e. The van der Waals surface area contributed by atoms with Crippen LogP contribution in [0.25, 0.3) is 10.6 Å². The molecular weight excluding hydrogens is 237 g/mol. The summed E-state index contributed by atoms with van der Waals surface area (Å²) in [7, 11) is 0. The van der Waals surface area contributed by atoms with Crippen molar-refractivity contribution in [2.24, 2.45) is 0 Å². The molecule has 0 spiro atoms. The van der Waals surface area contributed by atoms with Crippen LogP contribution in [-0.4, -0.2) is 4.98 Å². The van der Waals surface area contributed by atoms with Crippen LogP contribution < -0.4 is 0 Å². The lowest BCUT2D eigenvalue weighted by molar-refractivity contribution is 1.37. The molecule has 0 aliphatic rings. The highest BCUT2D eigenvalue weighted by Gasteiger charge is 2.01. The van der Waals surface area contributed by atoms with E-state index in [1.165, 1.54) is 0 Å². The lowest BCUT2D eigenvalue weighted by Crippen LogP contribution is -1.77. The van der Waals surface area contributed by atoms with Crippen molar-refractivity contribution >= 4 is 38.1 Å². The number of halogens is 2. The average molecular weight is 247 g/mol. The zero-order valence-electron chi connectivity index (χ0n) is 6.70. The van der Waals surface area contributed by atoms with Gasteiger partial charge in [-0.25, -0.2) is 0 Å². The number of aromatic amines is 1. The van der Waals surface area contributed by atoms with Crippen LogP contribution in [-0.2, 0) is 0 Å². The monoisotopic (exact) mass is 245 g/mol. The van der Waals surface area contributed by atoms with Crippen LogP contribution in [0.1, 0.15) is 18.2 Å². The minimum Gasteiger partial charge on any atom is -0.361 e. The fourth-order valence-corrected chi connectivity index (χ4v) is 1.39. The van der Waals surface area contributed by atoms with Crippen LogP contribution in [0, 0.1) is 0 Å². The maximum atomic E-state index is 5.74. The average Bonchev–Trinajstić information content (AvgIpc) is 2.33. The molecule has 1 nitrogen and oxygen atoms in total. The molecule has 1 aromatic rings. The lowest BCUT2D eigenvalue weighted by Gasteiger charge is -1.95. The second-order valence-electron chi connectivity index (χ2n) is 2.44. The number of aromatic nitrogens is 1. The Morgan fingerprint density at radius 1 is 1.75 bits per heavy atom. The first kappa shape index (κ1) is 9.62. The van der Waals surface area contributed by atoms with Gasteiger partial charge in [0.1, 0.15) is 0 Å². The second-order valence-corrected chi connectivity index (χ2v) is 3.99. The fourth-order valence-electron chi connectivity index (χ4n) is 0.937. The van der Waals surface area contributed by atoms with E-state index >= 15 is 0 Å². The van der Waals surface area contributed by atoms with Crippen molar-refractivity contribution in [3.05, 3.63) is 35.1 Å². The van der Waals surface area contributed by atoms with Crippen molar-refractivity contribution < 1.29 is 0 Å². The summed E-state index contributed by atoms with van der Waals surface area (Å²) in [4.78, 5) is 3.07. The molecule has 0 aromatic carbocycles. The van der Waals surface area contributed by atoms with Gasteiger partial charge in [0, 0.05) is 27.0 Å². The van der Waals surface area contributed by atoms with Gasteiger partial charge in [-0.1, -0.05) is 34.1 Å². The van der Waals surface area contributed by atoms with E-state index in [1.807, 2.05) is 25.3 Å². The van der Waals surface area contributed by atoms with Crippen LogP contribution >= 0.6 is 27.5 Å². The summed E-state index contributed by atoms with van der Waals surface area (Å²) < 4.78 is 0.855. The van der Waals surface area contributed by atoms with E-state index in [9.17, 15) is 0 Å². The molecule has 3 heteroatoms. The molecule has 64 valence electrons. The Balaban J connectivity index is 3.08. The molecule has 1 aromatic heterocycles. The number of hydrogen-bond donors (Lipinski definition) is 1. The van der Waals surface area contributed by atoms with Crippen molar-refractivity contribution in [3.63, 3.8) is 0 Å². The van der Waals surface area contributed by atoms with E-state index in [0.717, 1.165) is 20.8 Å². The van der Waals surface area contributed by atoms with Gasteiger partial charge in [0.2, 0.25) is 0 Å². The quantitative estimate of drug-likeness (QED) is 0.812. The summed E-state index contributed by atoms with van der Waals surface area (Å²) in [6.07, 6.45) is 3.72. The molecule has 0 atom stereocenters. The minimum absolute atomic E-state index is 0.743. The maximum absolute atomic E-state index is 5.74. The number of hydrogen-bond acceptors (Lipinski definition) is 0.